The number of hydrogen-bond acceptors (Lipinski definition) is 11. The van der Waals surface area contributed by atoms with E-state index in [0.29, 0.717) is 53.4 Å². The lowest BCUT2D eigenvalue weighted by Crippen LogP contribution is -2.69. The van der Waals surface area contributed by atoms with Gasteiger partial charge in [0.15, 0.2) is 23.0 Å². The van der Waals surface area contributed by atoms with E-state index in [1.165, 1.54) is 14.0 Å². The van der Waals surface area contributed by atoms with Crippen LogP contribution in [0.15, 0.2) is 6.07 Å². The average molecular weight is 652 g/mol. The van der Waals surface area contributed by atoms with Gasteiger partial charge in [0.2, 0.25) is 12.7 Å². The lowest BCUT2D eigenvalue weighted by Gasteiger charge is -2.60. The molecular formula is C35H45N3O9. The van der Waals surface area contributed by atoms with Crippen molar-refractivity contribution in [2.24, 2.45) is 5.92 Å². The summed E-state index contributed by atoms with van der Waals surface area (Å²) >= 11 is 0. The summed E-state index contributed by atoms with van der Waals surface area (Å²) in [6.45, 7) is 8.78. The first-order valence-electron chi connectivity index (χ1n) is 16.4. The molecule has 12 nitrogen and oxygen atoms in total. The molecule has 0 spiro atoms. The van der Waals surface area contributed by atoms with E-state index < -0.39 is 30.2 Å². The number of nitrogens with zero attached hydrogens (tertiary/aromatic N) is 2. The van der Waals surface area contributed by atoms with Crippen LogP contribution in [0.5, 0.6) is 28.7 Å². The van der Waals surface area contributed by atoms with Gasteiger partial charge >= 0.3 is 5.97 Å². The Bertz CT molecular complexity index is 1620. The number of phenols is 1. The summed E-state index contributed by atoms with van der Waals surface area (Å²) in [5.74, 6) is 0.526. The number of aliphatic hydroxyl groups is 1. The summed E-state index contributed by atoms with van der Waals surface area (Å²) in [7, 11) is 3.48. The van der Waals surface area contributed by atoms with Gasteiger partial charge in [0.25, 0.3) is 0 Å². The second-order valence-electron chi connectivity index (χ2n) is 13.3. The molecule has 1 saturated heterocycles. The molecule has 1 amide bonds. The van der Waals surface area contributed by atoms with E-state index in [9.17, 15) is 24.6 Å². The Hall–Kier alpha value is -3.87. The number of Topliss-reactive ketones (excluding diaryl/α,β-unsaturated/α-hetero) is 1. The van der Waals surface area contributed by atoms with Gasteiger partial charge < -0.3 is 34.5 Å². The number of benzene rings is 2. The zero-order chi connectivity index (χ0) is 33.9. The number of carbonyl (C=O) groups is 3. The maximum Gasteiger partial charge on any atom is 0.308 e. The van der Waals surface area contributed by atoms with E-state index in [2.05, 4.69) is 10.2 Å². The summed E-state index contributed by atoms with van der Waals surface area (Å²) in [5, 5.41) is 26.9. The number of ketones is 1. The number of methoxy groups -OCH3 is 1. The molecule has 2 aromatic rings. The normalized spacial score (nSPS) is 24.9. The van der Waals surface area contributed by atoms with E-state index in [-0.39, 0.29) is 49.3 Å². The highest BCUT2D eigenvalue weighted by molar-refractivity contribution is 5.86. The first-order valence-corrected chi connectivity index (χ1v) is 16.4. The molecular weight excluding hydrogens is 606 g/mol. The molecule has 4 aliphatic heterocycles. The second-order valence-corrected chi connectivity index (χ2v) is 13.3. The molecule has 12 heteroatoms. The maximum absolute atomic E-state index is 13.4. The number of ether oxygens (including phenoxy) is 4. The highest BCUT2D eigenvalue weighted by atomic mass is 16.7. The molecule has 2 aromatic carbocycles. The van der Waals surface area contributed by atoms with Gasteiger partial charge in [-0.05, 0) is 51.3 Å². The number of piperazine rings is 1. The predicted octanol–water partition coefficient (Wildman–Crippen LogP) is 3.38. The molecule has 1 fully saturated rings. The molecule has 0 aliphatic carbocycles. The van der Waals surface area contributed by atoms with Gasteiger partial charge in [-0.15, -0.1) is 0 Å². The topological polar surface area (TPSA) is 147 Å². The summed E-state index contributed by atoms with van der Waals surface area (Å²) in [4.78, 5) is 42.3. The summed E-state index contributed by atoms with van der Waals surface area (Å²) in [6, 6.07) is 0.266. The molecule has 0 aromatic heterocycles. The van der Waals surface area contributed by atoms with Crippen LogP contribution in [0.2, 0.25) is 0 Å². The van der Waals surface area contributed by atoms with Crippen LogP contribution in [0.3, 0.4) is 0 Å². The molecule has 4 aliphatic rings. The summed E-state index contributed by atoms with van der Waals surface area (Å²) < 4.78 is 23.4. The largest absolute Gasteiger partial charge is 0.504 e. The first-order chi connectivity index (χ1) is 22.4. The minimum absolute atomic E-state index is 0.0256. The monoisotopic (exact) mass is 651 g/mol. The number of aryl methyl sites for hydroxylation is 1. The fourth-order valence-corrected chi connectivity index (χ4v) is 8.31. The molecule has 2 bridgehead atoms. The molecule has 0 radical (unpaired) electrons. The van der Waals surface area contributed by atoms with E-state index in [1.807, 2.05) is 38.8 Å². The van der Waals surface area contributed by atoms with E-state index in [1.54, 1.807) is 6.92 Å². The van der Waals surface area contributed by atoms with E-state index >= 15 is 0 Å². The Morgan fingerprint density at radius 1 is 1.11 bits per heavy atom. The van der Waals surface area contributed by atoms with Crippen LogP contribution in [0.25, 0.3) is 0 Å². The zero-order valence-corrected chi connectivity index (χ0v) is 28.1. The zero-order valence-electron chi connectivity index (χ0n) is 28.1. The van der Waals surface area contributed by atoms with Gasteiger partial charge in [0.1, 0.15) is 17.8 Å². The third kappa shape index (κ3) is 5.40. The number of esters is 1. The number of nitrogens with one attached hydrogen (secondary N) is 1. The number of rotatable bonds is 9. The lowest BCUT2D eigenvalue weighted by molar-refractivity contribution is -0.172. The average Bonchev–Trinajstić information content (AvgIpc) is 3.50. The second kappa shape index (κ2) is 12.6. The van der Waals surface area contributed by atoms with Crippen LogP contribution in [0, 0.1) is 19.8 Å². The van der Waals surface area contributed by atoms with Gasteiger partial charge in [0, 0.05) is 60.5 Å². The predicted molar refractivity (Wildman–Crippen MR) is 171 cm³/mol. The van der Waals surface area contributed by atoms with Gasteiger partial charge in [-0.1, -0.05) is 19.9 Å². The number of fused-ring (bicyclic) bond motifs is 9. The van der Waals surface area contributed by atoms with Gasteiger partial charge in [-0.2, -0.15) is 0 Å². The minimum Gasteiger partial charge on any atom is -0.504 e. The molecule has 3 N–H and O–H groups in total. The van der Waals surface area contributed by atoms with Crippen LogP contribution < -0.4 is 24.3 Å². The SMILES string of the molecule is CCCC(=O)C[C@@H](C)C(=O)NC[C@H]1c2c(c(OC(C)=O)c(C)c3c2OCO3)CC2[C@H]3c4c(cc(C)c(OC)c4O)C[C@@H]([C@H](O)N21)N3C. The Kier molecular flexibility index (Phi) is 8.88. The molecule has 254 valence electrons. The van der Waals surface area contributed by atoms with Crippen LogP contribution in [0.4, 0.5) is 0 Å². The lowest BCUT2D eigenvalue weighted by atomic mass is 9.73. The van der Waals surface area contributed by atoms with E-state index in [0.717, 1.165) is 28.7 Å². The number of aliphatic hydroxyl groups excluding tert-OH is 1. The third-order valence-corrected chi connectivity index (χ3v) is 10.3. The Balaban J connectivity index is 1.50. The summed E-state index contributed by atoms with van der Waals surface area (Å²) in [6.07, 6.45) is 1.15. The minimum atomic E-state index is -0.964. The Morgan fingerprint density at radius 2 is 1.83 bits per heavy atom. The Morgan fingerprint density at radius 3 is 2.51 bits per heavy atom. The fourth-order valence-electron chi connectivity index (χ4n) is 8.31. The number of carbonyl (C=O) groups excluding carboxylic acids is 3. The number of phenolic OH excluding ortho intramolecular Hbond substituents is 1. The standard InChI is InChI=1S/C35H45N3O9/c1-8-9-21(40)11-17(3)34(42)36-14-25-27-22(31(47-19(5)39)18(4)32-33(27)46-15-45-32)13-23-28-26-20(10-16(2)30(44-7)29(26)41)12-24(37(28)6)35(43)38(23)25/h10,17,23-25,28,35,41,43H,8-9,11-15H2,1-7H3,(H,36,42)/t17-,23?,24+,25+,28+,35+/m1/s1. The third-order valence-electron chi connectivity index (χ3n) is 10.3. The van der Waals surface area contributed by atoms with Crippen molar-refractivity contribution in [2.75, 3.05) is 27.5 Å². The van der Waals surface area contributed by atoms with Crippen LogP contribution in [0.1, 0.15) is 85.5 Å². The quantitative estimate of drug-likeness (QED) is 0.271. The fraction of sp³-hybridized carbons (Fsp3) is 0.571. The van der Waals surface area contributed by atoms with Crippen molar-refractivity contribution >= 4 is 17.7 Å². The van der Waals surface area contributed by atoms with Crippen LogP contribution >= 0.6 is 0 Å². The molecule has 6 atom stereocenters. The van der Waals surface area contributed by atoms with Gasteiger partial charge in [-0.25, -0.2) is 0 Å². The first kappa shape index (κ1) is 33.0. The van der Waals surface area contributed by atoms with Gasteiger partial charge in [-0.3, -0.25) is 24.2 Å². The van der Waals surface area contributed by atoms with Crippen molar-refractivity contribution in [3.05, 3.63) is 39.4 Å². The van der Waals surface area contributed by atoms with Crippen LogP contribution in [-0.2, 0) is 27.2 Å². The van der Waals surface area contributed by atoms with Gasteiger partial charge in [0.05, 0.1) is 25.2 Å². The van der Waals surface area contributed by atoms with Crippen molar-refractivity contribution in [2.45, 2.75) is 97.1 Å². The maximum atomic E-state index is 13.4. The van der Waals surface area contributed by atoms with Crippen molar-refractivity contribution in [3.63, 3.8) is 0 Å². The number of aromatic hydroxyl groups is 1. The van der Waals surface area contributed by atoms with E-state index in [4.69, 9.17) is 18.9 Å². The molecule has 1 unspecified atom stereocenters. The molecule has 47 heavy (non-hydrogen) atoms. The van der Waals surface area contributed by atoms with Crippen molar-refractivity contribution in [1.29, 1.82) is 0 Å². The molecule has 0 saturated carbocycles. The Labute approximate surface area is 274 Å². The number of likely N-dealkylation sites (N-methyl/N-ethyl adjacent to an activating group) is 1. The number of amides is 1. The van der Waals surface area contributed by atoms with Crippen molar-refractivity contribution in [3.8, 4) is 28.7 Å². The highest BCUT2D eigenvalue weighted by Gasteiger charge is 2.56. The van der Waals surface area contributed by atoms with Crippen LogP contribution in [-0.4, -0.2) is 83.5 Å². The molecule has 4 heterocycles. The smallest absolute Gasteiger partial charge is 0.308 e. The van der Waals surface area contributed by atoms with Crippen molar-refractivity contribution < 1.29 is 43.5 Å². The summed E-state index contributed by atoms with van der Waals surface area (Å²) in [5.41, 5.74) is 4.50. The molecule has 6 rings (SSSR count). The number of hydrogen-bond donors (Lipinski definition) is 3. The van der Waals surface area contributed by atoms with Crippen molar-refractivity contribution in [1.82, 2.24) is 15.1 Å². The highest BCUT2D eigenvalue weighted by Crippen LogP contribution is 2.58.